The molecule has 0 fully saturated rings. The summed E-state index contributed by atoms with van der Waals surface area (Å²) in [4.78, 5) is 10.3. The van der Waals surface area contributed by atoms with Crippen LogP contribution in [0.2, 0.25) is 0 Å². The fourth-order valence-electron chi connectivity index (χ4n) is 1.29. The second-order valence-electron chi connectivity index (χ2n) is 3.01. The van der Waals surface area contributed by atoms with E-state index in [0.29, 0.717) is 13.0 Å². The van der Waals surface area contributed by atoms with E-state index < -0.39 is 0 Å². The van der Waals surface area contributed by atoms with Crippen molar-refractivity contribution in [2.75, 3.05) is 0 Å². The largest absolute Gasteiger partial charge is 0.391 e. The van der Waals surface area contributed by atoms with Gasteiger partial charge in [-0.15, -0.1) is 0 Å². The van der Waals surface area contributed by atoms with E-state index in [1.54, 1.807) is 25.1 Å². The molecule has 1 aromatic rings. The molecule has 13 heavy (non-hydrogen) atoms. The maximum Gasteiger partial charge on any atom is 0.391 e. The lowest BCUT2D eigenvalue weighted by molar-refractivity contribution is 0.804. The van der Waals surface area contributed by atoms with Crippen molar-refractivity contribution in [3.8, 4) is 0 Å². The first kappa shape index (κ1) is 9.90. The van der Waals surface area contributed by atoms with Crippen LogP contribution in [0.3, 0.4) is 0 Å². The normalized spacial score (nSPS) is 12.2. The first-order valence-corrected chi connectivity index (χ1v) is 4.05. The van der Waals surface area contributed by atoms with Crippen LogP contribution >= 0.6 is 0 Å². The number of nitrogens with zero attached hydrogens (tertiary/aromatic N) is 1. The van der Waals surface area contributed by atoms with Crippen LogP contribution in [0.15, 0.2) is 23.4 Å². The second-order valence-corrected chi connectivity index (χ2v) is 3.01. The van der Waals surface area contributed by atoms with Crippen LogP contribution in [-0.2, 0) is 0 Å². The zero-order valence-corrected chi connectivity index (χ0v) is 7.62. The van der Waals surface area contributed by atoms with E-state index in [4.69, 9.17) is 0 Å². The molecule has 0 bridgehead atoms. The first-order chi connectivity index (χ1) is 6.19. The number of halogens is 1. The van der Waals surface area contributed by atoms with Crippen LogP contribution in [0.25, 0.3) is 0 Å². The van der Waals surface area contributed by atoms with E-state index in [1.165, 1.54) is 0 Å². The van der Waals surface area contributed by atoms with Gasteiger partial charge in [0.1, 0.15) is 6.04 Å². The number of nitroso groups, excluding NO2 is 1. The smallest absolute Gasteiger partial charge is 0.335 e. The van der Waals surface area contributed by atoms with Gasteiger partial charge in [-0.25, -0.2) is 0 Å². The highest BCUT2D eigenvalue weighted by Gasteiger charge is 2.08. The maximum atomic E-state index is 12.1. The Balaban J connectivity index is 3.04. The predicted molar refractivity (Wildman–Crippen MR) is 51.9 cm³/mol. The van der Waals surface area contributed by atoms with E-state index in [0.717, 1.165) is 11.1 Å². The Hall–Kier alpha value is -1.19. The van der Waals surface area contributed by atoms with Gasteiger partial charge in [-0.3, -0.25) is 0 Å². The molecule has 0 aliphatic rings. The standard InChI is InChI=1S/C9H10BFNO/c1-6-5-8(10-11)3-4-9(6)7(2)12-13/h3-5,7H,1-2H3. The fourth-order valence-corrected chi connectivity index (χ4v) is 1.29. The first-order valence-electron chi connectivity index (χ1n) is 4.05. The van der Waals surface area contributed by atoms with Crippen molar-refractivity contribution in [3.05, 3.63) is 34.2 Å². The summed E-state index contributed by atoms with van der Waals surface area (Å²) >= 11 is 0. The van der Waals surface area contributed by atoms with Gasteiger partial charge >= 0.3 is 7.56 Å². The van der Waals surface area contributed by atoms with Crippen molar-refractivity contribution in [3.63, 3.8) is 0 Å². The molecule has 1 aromatic carbocycles. The van der Waals surface area contributed by atoms with Crippen LogP contribution in [0.1, 0.15) is 24.1 Å². The number of aryl methyl sites for hydroxylation is 1. The Morgan fingerprint density at radius 1 is 1.54 bits per heavy atom. The summed E-state index contributed by atoms with van der Waals surface area (Å²) in [6.45, 7) is 3.55. The Bertz CT molecular complexity index is 316. The van der Waals surface area contributed by atoms with Gasteiger partial charge in [0.25, 0.3) is 0 Å². The Morgan fingerprint density at radius 3 is 2.69 bits per heavy atom. The van der Waals surface area contributed by atoms with E-state index >= 15 is 0 Å². The number of rotatable bonds is 3. The topological polar surface area (TPSA) is 29.4 Å². The van der Waals surface area contributed by atoms with Gasteiger partial charge in [0.2, 0.25) is 0 Å². The fraction of sp³-hybridized carbons (Fsp3) is 0.333. The van der Waals surface area contributed by atoms with Gasteiger partial charge in [-0.1, -0.05) is 23.4 Å². The van der Waals surface area contributed by atoms with Crippen molar-refractivity contribution in [2.24, 2.45) is 5.18 Å². The van der Waals surface area contributed by atoms with Crippen LogP contribution in [0, 0.1) is 11.8 Å². The van der Waals surface area contributed by atoms with Crippen LogP contribution < -0.4 is 5.46 Å². The molecule has 4 heteroatoms. The highest BCUT2D eigenvalue weighted by Crippen LogP contribution is 2.18. The third kappa shape index (κ3) is 2.14. The van der Waals surface area contributed by atoms with E-state index in [2.05, 4.69) is 5.18 Å². The highest BCUT2D eigenvalue weighted by molar-refractivity contribution is 6.46. The molecule has 1 radical (unpaired) electrons. The van der Waals surface area contributed by atoms with Gasteiger partial charge in [0, 0.05) is 0 Å². The lowest BCUT2D eigenvalue weighted by Crippen LogP contribution is -2.10. The molecule has 67 valence electrons. The Labute approximate surface area is 77.4 Å². The summed E-state index contributed by atoms with van der Waals surface area (Å²) in [5.41, 5.74) is 2.25. The van der Waals surface area contributed by atoms with Gasteiger partial charge in [0.15, 0.2) is 0 Å². The average Bonchev–Trinajstić information content (AvgIpc) is 2.16. The monoisotopic (exact) mass is 178 g/mol. The summed E-state index contributed by atoms with van der Waals surface area (Å²) < 4.78 is 12.1. The van der Waals surface area contributed by atoms with Gasteiger partial charge < -0.3 is 4.32 Å². The van der Waals surface area contributed by atoms with Gasteiger partial charge in [0.05, 0.1) is 0 Å². The molecule has 0 saturated heterocycles. The van der Waals surface area contributed by atoms with Crippen molar-refractivity contribution in [2.45, 2.75) is 19.9 Å². The quantitative estimate of drug-likeness (QED) is 0.514. The summed E-state index contributed by atoms with van der Waals surface area (Å²) in [7, 11) is 0.537. The Kier molecular flexibility index (Phi) is 3.17. The number of hydrogen-bond acceptors (Lipinski definition) is 2. The maximum absolute atomic E-state index is 12.1. The third-order valence-corrected chi connectivity index (χ3v) is 2.03. The van der Waals surface area contributed by atoms with E-state index in [1.807, 2.05) is 6.92 Å². The zero-order chi connectivity index (χ0) is 9.84. The SMILES string of the molecule is Cc1cc([B]F)ccc1C(C)N=O. The molecular weight excluding hydrogens is 168 g/mol. The summed E-state index contributed by atoms with van der Waals surface area (Å²) in [5.74, 6) is 0. The lowest BCUT2D eigenvalue weighted by Gasteiger charge is -2.07. The molecule has 1 rings (SSSR count). The molecule has 0 aliphatic heterocycles. The summed E-state index contributed by atoms with van der Waals surface area (Å²) in [6.07, 6.45) is 0. The number of benzene rings is 1. The molecular formula is C9H10BFNO. The average molecular weight is 178 g/mol. The lowest BCUT2D eigenvalue weighted by atomic mass is 9.87. The Morgan fingerprint density at radius 2 is 2.23 bits per heavy atom. The predicted octanol–water partition coefficient (Wildman–Crippen LogP) is 2.04. The van der Waals surface area contributed by atoms with E-state index in [9.17, 15) is 9.22 Å². The molecule has 0 heterocycles. The van der Waals surface area contributed by atoms with Crippen molar-refractivity contribution in [1.82, 2.24) is 0 Å². The van der Waals surface area contributed by atoms with Gasteiger partial charge in [-0.2, -0.15) is 4.91 Å². The molecule has 0 amide bonds. The molecule has 0 aliphatic carbocycles. The summed E-state index contributed by atoms with van der Waals surface area (Å²) in [6, 6.07) is 4.68. The number of hydrogen-bond donors (Lipinski definition) is 0. The van der Waals surface area contributed by atoms with Crippen LogP contribution in [-0.4, -0.2) is 7.56 Å². The molecule has 2 nitrogen and oxygen atoms in total. The molecule has 0 aromatic heterocycles. The van der Waals surface area contributed by atoms with Crippen molar-refractivity contribution < 1.29 is 4.32 Å². The highest BCUT2D eigenvalue weighted by atomic mass is 19.1. The zero-order valence-electron chi connectivity index (χ0n) is 7.62. The van der Waals surface area contributed by atoms with Crippen molar-refractivity contribution in [1.29, 1.82) is 0 Å². The van der Waals surface area contributed by atoms with E-state index in [-0.39, 0.29) is 6.04 Å². The van der Waals surface area contributed by atoms with Gasteiger partial charge in [-0.05, 0) is 30.4 Å². The summed E-state index contributed by atoms with van der Waals surface area (Å²) in [5, 5.41) is 2.92. The van der Waals surface area contributed by atoms with Crippen molar-refractivity contribution >= 4 is 13.0 Å². The molecule has 0 N–H and O–H groups in total. The minimum atomic E-state index is -0.367. The molecule has 1 atom stereocenters. The molecule has 0 spiro atoms. The molecule has 0 saturated carbocycles. The van der Waals surface area contributed by atoms with Crippen LogP contribution in [0.5, 0.6) is 0 Å². The minimum absolute atomic E-state index is 0.367. The third-order valence-electron chi connectivity index (χ3n) is 2.03. The second kappa shape index (κ2) is 4.17. The minimum Gasteiger partial charge on any atom is -0.335 e. The molecule has 1 unspecified atom stereocenters. The van der Waals surface area contributed by atoms with Crippen LogP contribution in [0.4, 0.5) is 4.32 Å².